The molecule has 2 rings (SSSR count). The van der Waals surface area contributed by atoms with Crippen molar-refractivity contribution in [2.45, 2.75) is 18.7 Å². The molecule has 1 heterocycles. The number of halogens is 2. The molecule has 2 unspecified atom stereocenters. The third-order valence-corrected chi connectivity index (χ3v) is 4.51. The molecule has 15 heavy (non-hydrogen) atoms. The topological polar surface area (TPSA) is 26.0 Å². The van der Waals surface area contributed by atoms with Crippen molar-refractivity contribution >= 4 is 27.7 Å². The van der Waals surface area contributed by atoms with Gasteiger partial charge in [0.25, 0.3) is 0 Å². The van der Waals surface area contributed by atoms with Crippen LogP contribution in [0, 0.1) is 11.7 Å². The number of fused-ring (bicyclic) bond motifs is 1. The van der Waals surface area contributed by atoms with Gasteiger partial charge in [0.1, 0.15) is 5.82 Å². The fourth-order valence-electron chi connectivity index (χ4n) is 1.83. The molecule has 0 radical (unpaired) electrons. The molecule has 0 fully saturated rings. The van der Waals surface area contributed by atoms with E-state index < -0.39 is 0 Å². The van der Waals surface area contributed by atoms with E-state index in [0.717, 1.165) is 27.1 Å². The van der Waals surface area contributed by atoms with Crippen LogP contribution in [-0.4, -0.2) is 5.75 Å². The van der Waals surface area contributed by atoms with Crippen molar-refractivity contribution in [3.05, 3.63) is 33.5 Å². The minimum Gasteiger partial charge on any atom is -0.324 e. The van der Waals surface area contributed by atoms with E-state index in [-0.39, 0.29) is 11.9 Å². The maximum atomic E-state index is 13.7. The van der Waals surface area contributed by atoms with Crippen LogP contribution in [0.5, 0.6) is 0 Å². The lowest BCUT2D eigenvalue weighted by molar-refractivity contribution is 0.518. The van der Waals surface area contributed by atoms with Crippen LogP contribution in [0.4, 0.5) is 4.39 Å². The molecular formula is C11H13BrFNS. The summed E-state index contributed by atoms with van der Waals surface area (Å²) in [5.74, 6) is 1.97. The molecule has 1 nitrogen and oxygen atoms in total. The molecular weight excluding hydrogens is 277 g/mol. The maximum Gasteiger partial charge on any atom is 0.128 e. The Morgan fingerprint density at radius 3 is 3.00 bits per heavy atom. The van der Waals surface area contributed by atoms with Crippen LogP contribution >= 0.6 is 27.7 Å². The highest BCUT2D eigenvalue weighted by Crippen LogP contribution is 2.35. The van der Waals surface area contributed by atoms with Crippen LogP contribution in [0.25, 0.3) is 0 Å². The predicted octanol–water partition coefficient (Wildman–Crippen LogP) is 3.47. The van der Waals surface area contributed by atoms with Crippen molar-refractivity contribution in [1.82, 2.24) is 0 Å². The zero-order chi connectivity index (χ0) is 11.0. The summed E-state index contributed by atoms with van der Waals surface area (Å²) in [6.45, 7) is 2.12. The molecule has 0 aliphatic carbocycles. The second kappa shape index (κ2) is 4.44. The molecule has 0 aromatic heterocycles. The summed E-state index contributed by atoms with van der Waals surface area (Å²) in [6, 6.07) is 3.41. The number of benzene rings is 1. The van der Waals surface area contributed by atoms with Crippen LogP contribution < -0.4 is 5.73 Å². The fourth-order valence-corrected chi connectivity index (χ4v) is 3.48. The molecule has 1 aliphatic heterocycles. The van der Waals surface area contributed by atoms with E-state index in [4.69, 9.17) is 5.73 Å². The summed E-state index contributed by atoms with van der Waals surface area (Å²) in [5.41, 5.74) is 7.86. The Balaban J connectivity index is 2.53. The highest BCUT2D eigenvalue weighted by Gasteiger charge is 2.24. The van der Waals surface area contributed by atoms with E-state index >= 15 is 0 Å². The Bertz CT molecular complexity index is 383. The lowest BCUT2D eigenvalue weighted by atomic mass is 9.93. The van der Waals surface area contributed by atoms with Gasteiger partial charge in [-0.15, -0.1) is 0 Å². The third-order valence-electron chi connectivity index (χ3n) is 2.79. The zero-order valence-electron chi connectivity index (χ0n) is 8.47. The van der Waals surface area contributed by atoms with Gasteiger partial charge in [-0.1, -0.05) is 22.9 Å². The molecule has 0 saturated heterocycles. The van der Waals surface area contributed by atoms with Crippen molar-refractivity contribution in [3.63, 3.8) is 0 Å². The Labute approximate surface area is 102 Å². The van der Waals surface area contributed by atoms with Gasteiger partial charge in [0, 0.05) is 21.8 Å². The third kappa shape index (κ3) is 2.22. The summed E-state index contributed by atoms with van der Waals surface area (Å²) >= 11 is 5.07. The van der Waals surface area contributed by atoms with E-state index in [1.54, 1.807) is 11.8 Å². The number of rotatable bonds is 0. The quantitative estimate of drug-likeness (QED) is 0.791. The average Bonchev–Trinajstić information content (AvgIpc) is 2.30. The van der Waals surface area contributed by atoms with E-state index in [1.807, 2.05) is 6.07 Å². The second-order valence-corrected chi connectivity index (χ2v) is 5.92. The van der Waals surface area contributed by atoms with Crippen molar-refractivity contribution in [3.8, 4) is 0 Å². The molecule has 0 spiro atoms. The van der Waals surface area contributed by atoms with E-state index in [0.29, 0.717) is 5.92 Å². The number of thioether (sulfide) groups is 1. The number of hydrogen-bond donors (Lipinski definition) is 1. The molecule has 4 heteroatoms. The SMILES string of the molecule is CC1CSCc2c(F)cc(Br)cc2C1N. The molecule has 1 aliphatic rings. The molecule has 0 bridgehead atoms. The van der Waals surface area contributed by atoms with E-state index in [2.05, 4.69) is 22.9 Å². The number of hydrogen-bond acceptors (Lipinski definition) is 2. The second-order valence-electron chi connectivity index (χ2n) is 3.97. The smallest absolute Gasteiger partial charge is 0.128 e. The van der Waals surface area contributed by atoms with Crippen LogP contribution in [0.2, 0.25) is 0 Å². The highest BCUT2D eigenvalue weighted by molar-refractivity contribution is 9.10. The van der Waals surface area contributed by atoms with Gasteiger partial charge >= 0.3 is 0 Å². The first-order valence-electron chi connectivity index (χ1n) is 4.90. The number of nitrogens with two attached hydrogens (primary N) is 1. The normalized spacial score (nSPS) is 25.9. The minimum absolute atomic E-state index is 0.0537. The molecule has 82 valence electrons. The first-order valence-corrected chi connectivity index (χ1v) is 6.85. The van der Waals surface area contributed by atoms with Crippen LogP contribution in [0.1, 0.15) is 24.1 Å². The van der Waals surface area contributed by atoms with Gasteiger partial charge in [-0.3, -0.25) is 0 Å². The monoisotopic (exact) mass is 289 g/mol. The van der Waals surface area contributed by atoms with Crippen molar-refractivity contribution in [2.75, 3.05) is 5.75 Å². The molecule has 1 aromatic rings. The van der Waals surface area contributed by atoms with Gasteiger partial charge in [-0.05, 0) is 29.4 Å². The molecule has 2 atom stereocenters. The van der Waals surface area contributed by atoms with Crippen LogP contribution in [0.15, 0.2) is 16.6 Å². The van der Waals surface area contributed by atoms with Crippen LogP contribution in [0.3, 0.4) is 0 Å². The van der Waals surface area contributed by atoms with Crippen LogP contribution in [-0.2, 0) is 5.75 Å². The Morgan fingerprint density at radius 1 is 1.53 bits per heavy atom. The molecule has 0 saturated carbocycles. The van der Waals surface area contributed by atoms with Gasteiger partial charge in [-0.2, -0.15) is 11.8 Å². The summed E-state index contributed by atoms with van der Waals surface area (Å²) in [7, 11) is 0. The average molecular weight is 290 g/mol. The first kappa shape index (κ1) is 11.4. The largest absolute Gasteiger partial charge is 0.324 e. The van der Waals surface area contributed by atoms with Gasteiger partial charge < -0.3 is 5.73 Å². The fraction of sp³-hybridized carbons (Fsp3) is 0.455. The van der Waals surface area contributed by atoms with Gasteiger partial charge in [-0.25, -0.2) is 4.39 Å². The van der Waals surface area contributed by atoms with Crippen molar-refractivity contribution < 1.29 is 4.39 Å². The molecule has 2 N–H and O–H groups in total. The summed E-state index contributed by atoms with van der Waals surface area (Å²) < 4.78 is 14.5. The highest BCUT2D eigenvalue weighted by atomic mass is 79.9. The van der Waals surface area contributed by atoms with Crippen molar-refractivity contribution in [2.24, 2.45) is 11.7 Å². The Kier molecular flexibility index (Phi) is 3.38. The maximum absolute atomic E-state index is 13.7. The first-order chi connectivity index (χ1) is 7.09. The Morgan fingerprint density at radius 2 is 2.27 bits per heavy atom. The summed E-state index contributed by atoms with van der Waals surface area (Å²) in [6.07, 6.45) is 0. The molecule has 1 aromatic carbocycles. The summed E-state index contributed by atoms with van der Waals surface area (Å²) in [5, 5.41) is 0. The standard InChI is InChI=1S/C11H13BrFNS/c1-6-4-15-5-9-8(11(6)14)2-7(12)3-10(9)13/h2-3,6,11H,4-5,14H2,1H3. The molecule has 0 amide bonds. The predicted molar refractivity (Wildman–Crippen MR) is 66.4 cm³/mol. The van der Waals surface area contributed by atoms with Gasteiger partial charge in [0.2, 0.25) is 0 Å². The van der Waals surface area contributed by atoms with Gasteiger partial charge in [0.05, 0.1) is 0 Å². The van der Waals surface area contributed by atoms with E-state index in [1.165, 1.54) is 6.07 Å². The lowest BCUT2D eigenvalue weighted by Crippen LogP contribution is -2.20. The Hall–Kier alpha value is -0.0600. The lowest BCUT2D eigenvalue weighted by Gasteiger charge is -2.18. The van der Waals surface area contributed by atoms with E-state index in [9.17, 15) is 4.39 Å². The zero-order valence-corrected chi connectivity index (χ0v) is 10.9. The van der Waals surface area contributed by atoms with Gasteiger partial charge in [0.15, 0.2) is 0 Å². The summed E-state index contributed by atoms with van der Waals surface area (Å²) in [4.78, 5) is 0. The minimum atomic E-state index is -0.142. The van der Waals surface area contributed by atoms with Crippen molar-refractivity contribution in [1.29, 1.82) is 0 Å².